The number of pyridine rings is 1. The number of nitrogens with zero attached hydrogens (tertiary/aromatic N) is 4. The molecule has 2 aromatic heterocycles. The summed E-state index contributed by atoms with van der Waals surface area (Å²) in [6, 6.07) is 15.5. The van der Waals surface area contributed by atoms with Gasteiger partial charge in [0.25, 0.3) is 17.2 Å². The van der Waals surface area contributed by atoms with E-state index in [0.717, 1.165) is 23.4 Å². The summed E-state index contributed by atoms with van der Waals surface area (Å²) < 4.78 is 1.34. The number of nitro benzene ring substituents is 1. The monoisotopic (exact) mass is 490 g/mol. The van der Waals surface area contributed by atoms with Crippen molar-refractivity contribution in [3.05, 3.63) is 98.5 Å². The van der Waals surface area contributed by atoms with Gasteiger partial charge in [-0.05, 0) is 42.8 Å². The Labute approximate surface area is 202 Å². The van der Waals surface area contributed by atoms with Crippen LogP contribution in [0.4, 0.5) is 5.69 Å². The number of carbonyl (C=O) groups excluding carboxylic acids is 2. The van der Waals surface area contributed by atoms with Crippen LogP contribution in [0.2, 0.25) is 0 Å². The molecule has 0 atom stereocenters. The van der Waals surface area contributed by atoms with Crippen molar-refractivity contribution >= 4 is 40.2 Å². The van der Waals surface area contributed by atoms with E-state index in [4.69, 9.17) is 0 Å². The van der Waals surface area contributed by atoms with Crippen molar-refractivity contribution in [2.45, 2.75) is 12.1 Å². The van der Waals surface area contributed by atoms with Crippen LogP contribution in [0.3, 0.4) is 0 Å². The van der Waals surface area contributed by atoms with E-state index in [1.165, 1.54) is 22.8 Å². The maximum Gasteiger partial charge on any atom is 0.270 e. The van der Waals surface area contributed by atoms with Crippen molar-refractivity contribution in [3.8, 4) is 5.82 Å². The zero-order valence-corrected chi connectivity index (χ0v) is 19.1. The Kier molecular flexibility index (Phi) is 6.83. The van der Waals surface area contributed by atoms with E-state index in [1.807, 2.05) is 6.92 Å². The third-order valence-corrected chi connectivity index (χ3v) is 5.78. The molecule has 0 aliphatic rings. The smallest absolute Gasteiger partial charge is 0.270 e. The fraction of sp³-hybridized carbons (Fsp3) is 0.0870. The average Bonchev–Trinajstić information content (AvgIpc) is 2.86. The van der Waals surface area contributed by atoms with Crippen molar-refractivity contribution in [2.75, 3.05) is 5.75 Å². The summed E-state index contributed by atoms with van der Waals surface area (Å²) in [5.41, 5.74) is 5.30. The fourth-order valence-electron chi connectivity index (χ4n) is 3.18. The molecular formula is C23H18N6O5S. The third-order valence-electron chi connectivity index (χ3n) is 4.84. The maximum absolute atomic E-state index is 13.2. The highest BCUT2D eigenvalue weighted by Crippen LogP contribution is 2.20. The quantitative estimate of drug-likeness (QED) is 0.181. The van der Waals surface area contributed by atoms with E-state index in [0.29, 0.717) is 16.7 Å². The molecule has 11 nitrogen and oxygen atoms in total. The number of carbonyl (C=O) groups is 2. The standard InChI is InChI=1S/C23H18N6O5S/c1-14-9-10-24-19(11-14)28-22(32)17-7-2-3-8-18(17)25-23(28)35-13-20(30)26-27-21(31)15-5-4-6-16(12-15)29(33)34/h2-12H,13H2,1H3,(H,26,30)(H,27,31). The molecule has 0 fully saturated rings. The first-order valence-corrected chi connectivity index (χ1v) is 11.2. The number of thioether (sulfide) groups is 1. The molecule has 2 amide bonds. The summed E-state index contributed by atoms with van der Waals surface area (Å²) in [7, 11) is 0. The minimum atomic E-state index is -0.711. The number of fused-ring (bicyclic) bond motifs is 1. The van der Waals surface area contributed by atoms with Gasteiger partial charge in [0.1, 0.15) is 5.82 Å². The highest BCUT2D eigenvalue weighted by atomic mass is 32.2. The first-order chi connectivity index (χ1) is 16.8. The van der Waals surface area contributed by atoms with Crippen molar-refractivity contribution in [2.24, 2.45) is 0 Å². The molecule has 0 unspecified atom stereocenters. The second-order valence-electron chi connectivity index (χ2n) is 7.34. The number of aromatic nitrogens is 3. The van der Waals surface area contributed by atoms with Gasteiger partial charge >= 0.3 is 0 Å². The topological polar surface area (TPSA) is 149 Å². The molecule has 2 aromatic carbocycles. The summed E-state index contributed by atoms with van der Waals surface area (Å²) in [6.45, 7) is 1.87. The first kappa shape index (κ1) is 23.6. The molecule has 0 saturated carbocycles. The zero-order chi connectivity index (χ0) is 24.9. The number of aryl methyl sites for hydroxylation is 1. The van der Waals surface area contributed by atoms with Crippen LogP contribution in [-0.2, 0) is 4.79 Å². The third kappa shape index (κ3) is 5.33. The van der Waals surface area contributed by atoms with Crippen LogP contribution >= 0.6 is 11.8 Å². The molecule has 2 N–H and O–H groups in total. The molecular weight excluding hydrogens is 472 g/mol. The van der Waals surface area contributed by atoms with Gasteiger partial charge in [0, 0.05) is 23.9 Å². The number of hydrazine groups is 1. The zero-order valence-electron chi connectivity index (χ0n) is 18.3. The minimum Gasteiger partial charge on any atom is -0.272 e. The SMILES string of the molecule is Cc1ccnc(-n2c(SCC(=O)NNC(=O)c3cccc([N+](=O)[O-])c3)nc3ccccc3c2=O)c1. The lowest BCUT2D eigenvalue weighted by Gasteiger charge is -2.13. The number of benzene rings is 2. The largest absolute Gasteiger partial charge is 0.272 e. The molecule has 4 rings (SSSR count). The molecule has 0 radical (unpaired) electrons. The second kappa shape index (κ2) is 10.1. The van der Waals surface area contributed by atoms with Crippen LogP contribution in [-0.4, -0.2) is 37.0 Å². The average molecular weight is 491 g/mol. The van der Waals surface area contributed by atoms with Crippen molar-refractivity contribution in [1.82, 2.24) is 25.4 Å². The number of non-ortho nitro benzene ring substituents is 1. The van der Waals surface area contributed by atoms with E-state index in [-0.39, 0.29) is 27.7 Å². The van der Waals surface area contributed by atoms with Gasteiger partial charge in [0.2, 0.25) is 5.91 Å². The molecule has 35 heavy (non-hydrogen) atoms. The maximum atomic E-state index is 13.2. The lowest BCUT2D eigenvalue weighted by molar-refractivity contribution is -0.384. The Morgan fingerprint density at radius 2 is 1.89 bits per heavy atom. The number of nitrogens with one attached hydrogen (secondary N) is 2. The number of para-hydroxylation sites is 1. The molecule has 176 valence electrons. The number of hydrogen-bond acceptors (Lipinski definition) is 8. The molecule has 4 aromatic rings. The highest BCUT2D eigenvalue weighted by molar-refractivity contribution is 7.99. The van der Waals surface area contributed by atoms with Gasteiger partial charge in [-0.2, -0.15) is 0 Å². The van der Waals surface area contributed by atoms with Crippen LogP contribution < -0.4 is 16.4 Å². The lowest BCUT2D eigenvalue weighted by atomic mass is 10.2. The minimum absolute atomic E-state index is 0.0164. The Morgan fingerprint density at radius 3 is 2.66 bits per heavy atom. The summed E-state index contributed by atoms with van der Waals surface area (Å²) in [5, 5.41) is 11.6. The molecule has 0 bridgehead atoms. The van der Waals surface area contributed by atoms with Crippen LogP contribution in [0, 0.1) is 17.0 Å². The van der Waals surface area contributed by atoms with Gasteiger partial charge in [-0.3, -0.25) is 35.3 Å². The summed E-state index contributed by atoms with van der Waals surface area (Å²) in [6.07, 6.45) is 1.58. The lowest BCUT2D eigenvalue weighted by Crippen LogP contribution is -2.42. The van der Waals surface area contributed by atoms with Crippen molar-refractivity contribution < 1.29 is 14.5 Å². The Morgan fingerprint density at radius 1 is 1.09 bits per heavy atom. The van der Waals surface area contributed by atoms with Gasteiger partial charge in [0.05, 0.1) is 21.6 Å². The van der Waals surface area contributed by atoms with Crippen molar-refractivity contribution in [3.63, 3.8) is 0 Å². The van der Waals surface area contributed by atoms with Gasteiger partial charge in [-0.15, -0.1) is 0 Å². The van der Waals surface area contributed by atoms with Crippen LogP contribution in [0.15, 0.2) is 76.8 Å². The van der Waals surface area contributed by atoms with E-state index in [1.54, 1.807) is 42.6 Å². The summed E-state index contributed by atoms with van der Waals surface area (Å²) in [4.78, 5) is 56.9. The van der Waals surface area contributed by atoms with Crippen molar-refractivity contribution in [1.29, 1.82) is 0 Å². The number of hydrogen-bond donors (Lipinski definition) is 2. The van der Waals surface area contributed by atoms with E-state index >= 15 is 0 Å². The predicted molar refractivity (Wildman–Crippen MR) is 129 cm³/mol. The van der Waals surface area contributed by atoms with Gasteiger partial charge in [-0.1, -0.05) is 30.0 Å². The summed E-state index contributed by atoms with van der Waals surface area (Å²) >= 11 is 0.998. The Bertz CT molecular complexity index is 1520. The molecule has 0 aliphatic carbocycles. The molecule has 2 heterocycles. The Balaban J connectivity index is 1.52. The van der Waals surface area contributed by atoms with Crippen LogP contribution in [0.1, 0.15) is 15.9 Å². The fourth-order valence-corrected chi connectivity index (χ4v) is 3.98. The molecule has 0 aliphatic heterocycles. The van der Waals surface area contributed by atoms with Gasteiger partial charge < -0.3 is 0 Å². The van der Waals surface area contributed by atoms with Gasteiger partial charge in [-0.25, -0.2) is 14.5 Å². The second-order valence-corrected chi connectivity index (χ2v) is 8.28. The van der Waals surface area contributed by atoms with Gasteiger partial charge in [0.15, 0.2) is 5.16 Å². The molecule has 12 heteroatoms. The predicted octanol–water partition coefficient (Wildman–Crippen LogP) is 2.55. The van der Waals surface area contributed by atoms with Crippen LogP contribution in [0.5, 0.6) is 0 Å². The van der Waals surface area contributed by atoms with Crippen LogP contribution in [0.25, 0.3) is 16.7 Å². The van der Waals surface area contributed by atoms with E-state index < -0.39 is 16.7 Å². The molecule has 0 saturated heterocycles. The number of amides is 2. The summed E-state index contributed by atoms with van der Waals surface area (Å²) in [5.74, 6) is -1.09. The number of nitro groups is 1. The first-order valence-electron chi connectivity index (χ1n) is 10.2. The molecule has 0 spiro atoms. The van der Waals surface area contributed by atoms with E-state index in [9.17, 15) is 24.5 Å². The Hall–Kier alpha value is -4.58. The van der Waals surface area contributed by atoms with E-state index in [2.05, 4.69) is 20.8 Å². The normalized spacial score (nSPS) is 10.7. The number of rotatable bonds is 6. The highest BCUT2D eigenvalue weighted by Gasteiger charge is 2.17.